The van der Waals surface area contributed by atoms with Crippen LogP contribution in [0.25, 0.3) is 0 Å². The van der Waals surface area contributed by atoms with Gasteiger partial charge in [-0.05, 0) is 18.2 Å². The van der Waals surface area contributed by atoms with Crippen LogP contribution in [0.5, 0.6) is 0 Å². The Labute approximate surface area is 109 Å². The molecule has 0 bridgehead atoms. The average Bonchev–Trinajstić information content (AvgIpc) is 2.89. The number of hydrogen-bond acceptors (Lipinski definition) is 3. The van der Waals surface area contributed by atoms with E-state index >= 15 is 0 Å². The molecule has 18 heavy (non-hydrogen) atoms. The molecule has 0 heterocycles. The highest BCUT2D eigenvalue weighted by Crippen LogP contribution is 2.26. The van der Waals surface area contributed by atoms with Crippen molar-refractivity contribution in [2.24, 2.45) is 0 Å². The fourth-order valence-electron chi connectivity index (χ4n) is 1.69. The number of anilines is 1. The Morgan fingerprint density at radius 1 is 1.39 bits per heavy atom. The molecule has 0 aromatic heterocycles. The zero-order valence-corrected chi connectivity index (χ0v) is 10.9. The van der Waals surface area contributed by atoms with E-state index in [0.717, 1.165) is 5.69 Å². The Morgan fingerprint density at radius 3 is 2.72 bits per heavy atom. The second kappa shape index (κ2) is 6.59. The lowest BCUT2D eigenvalue weighted by Gasteiger charge is -2.18. The minimum absolute atomic E-state index is 0.197. The van der Waals surface area contributed by atoms with Gasteiger partial charge in [-0.25, -0.2) is 0 Å². The molecule has 0 amide bonds. The van der Waals surface area contributed by atoms with Gasteiger partial charge in [0.1, 0.15) is 5.70 Å². The van der Waals surface area contributed by atoms with E-state index in [1.165, 1.54) is 0 Å². The topological polar surface area (TPSA) is 46.4 Å². The van der Waals surface area contributed by atoms with Crippen molar-refractivity contribution >= 4 is 5.69 Å². The summed E-state index contributed by atoms with van der Waals surface area (Å²) in [6, 6.07) is 7.33. The number of nitrogens with zero attached hydrogens (tertiary/aromatic N) is 2. The summed E-state index contributed by atoms with van der Waals surface area (Å²) in [5.41, 5.74) is 1.56. The SMILES string of the molecule is CC.[2H]c1cccc(N(C)C2=C([N+](=O)[O-])CC=C2)c1. The highest BCUT2D eigenvalue weighted by atomic mass is 16.6. The van der Waals surface area contributed by atoms with E-state index < -0.39 is 0 Å². The summed E-state index contributed by atoms with van der Waals surface area (Å²) in [4.78, 5) is 12.2. The van der Waals surface area contributed by atoms with Crippen LogP contribution >= 0.6 is 0 Å². The normalized spacial score (nSPS) is 13.8. The third kappa shape index (κ3) is 2.97. The van der Waals surface area contributed by atoms with Crippen molar-refractivity contribution in [3.05, 3.63) is 64.0 Å². The van der Waals surface area contributed by atoms with Gasteiger partial charge in [0, 0.05) is 12.7 Å². The Kier molecular flexibility index (Phi) is 4.53. The quantitative estimate of drug-likeness (QED) is 0.605. The highest BCUT2D eigenvalue weighted by molar-refractivity contribution is 5.55. The van der Waals surface area contributed by atoms with E-state index in [0.29, 0.717) is 18.2 Å². The van der Waals surface area contributed by atoms with Gasteiger partial charge in [0.05, 0.1) is 12.7 Å². The van der Waals surface area contributed by atoms with Crippen LogP contribution in [-0.4, -0.2) is 12.0 Å². The summed E-state index contributed by atoms with van der Waals surface area (Å²) in [6.07, 6.45) is 3.87. The van der Waals surface area contributed by atoms with Gasteiger partial charge < -0.3 is 4.90 Å². The number of hydrogen-bond donors (Lipinski definition) is 0. The molecule has 1 aromatic rings. The number of allylic oxidation sites excluding steroid dienone is 2. The maximum atomic E-state index is 10.9. The molecule has 0 unspecified atom stereocenters. The van der Waals surface area contributed by atoms with Crippen molar-refractivity contribution in [3.63, 3.8) is 0 Å². The van der Waals surface area contributed by atoms with Crippen molar-refractivity contribution in [1.29, 1.82) is 0 Å². The maximum absolute atomic E-state index is 10.9. The van der Waals surface area contributed by atoms with Gasteiger partial charge in [-0.15, -0.1) is 0 Å². The van der Waals surface area contributed by atoms with E-state index in [9.17, 15) is 10.1 Å². The van der Waals surface area contributed by atoms with Crippen LogP contribution in [0, 0.1) is 10.1 Å². The van der Waals surface area contributed by atoms with Crippen LogP contribution in [0.2, 0.25) is 0 Å². The molecule has 0 saturated carbocycles. The lowest BCUT2D eigenvalue weighted by molar-refractivity contribution is -0.427. The van der Waals surface area contributed by atoms with Crippen LogP contribution in [0.4, 0.5) is 5.69 Å². The molecule has 4 nitrogen and oxygen atoms in total. The molecular weight excluding hydrogens is 228 g/mol. The third-order valence-electron chi connectivity index (χ3n) is 2.54. The monoisotopic (exact) mass is 247 g/mol. The molecule has 2 rings (SSSR count). The summed E-state index contributed by atoms with van der Waals surface area (Å²) in [5, 5.41) is 10.9. The fourth-order valence-corrected chi connectivity index (χ4v) is 1.69. The Hall–Kier alpha value is -2.10. The molecule has 0 aliphatic heterocycles. The van der Waals surface area contributed by atoms with Gasteiger partial charge >= 0.3 is 0 Å². The van der Waals surface area contributed by atoms with Gasteiger partial charge in [-0.1, -0.05) is 38.1 Å². The van der Waals surface area contributed by atoms with E-state index in [-0.39, 0.29) is 10.6 Å². The summed E-state index contributed by atoms with van der Waals surface area (Å²) >= 11 is 0. The van der Waals surface area contributed by atoms with Gasteiger partial charge in [0.25, 0.3) is 5.70 Å². The smallest absolute Gasteiger partial charge is 0.273 e. The van der Waals surface area contributed by atoms with Crippen molar-refractivity contribution in [2.45, 2.75) is 20.3 Å². The average molecular weight is 247 g/mol. The lowest BCUT2D eigenvalue weighted by Crippen LogP contribution is -2.17. The first-order valence-corrected chi connectivity index (χ1v) is 5.94. The number of para-hydroxylation sites is 1. The molecule has 4 heteroatoms. The third-order valence-corrected chi connectivity index (χ3v) is 2.54. The predicted molar refractivity (Wildman–Crippen MR) is 74.0 cm³/mol. The Bertz CT molecular complexity index is 524. The molecule has 1 aliphatic rings. The van der Waals surface area contributed by atoms with Crippen molar-refractivity contribution in [1.82, 2.24) is 0 Å². The first-order valence-electron chi connectivity index (χ1n) is 6.44. The molecule has 0 radical (unpaired) electrons. The summed E-state index contributed by atoms with van der Waals surface area (Å²) in [5.74, 6) is 0. The number of nitro groups is 1. The molecule has 1 aromatic carbocycles. The van der Waals surface area contributed by atoms with Crippen LogP contribution < -0.4 is 4.90 Å². The zero-order chi connectivity index (χ0) is 14.4. The van der Waals surface area contributed by atoms with E-state index in [1.807, 2.05) is 19.9 Å². The second-order valence-electron chi connectivity index (χ2n) is 3.52. The molecule has 0 spiro atoms. The number of benzene rings is 1. The standard InChI is InChI=1S/C12H12N2O2.C2H6/c1-13(10-6-3-2-4-7-10)11-8-5-9-12(11)14(15)16;1-2/h2-8H,9H2,1H3;1-2H3/i3D;. The van der Waals surface area contributed by atoms with E-state index in [1.54, 1.807) is 42.3 Å². The van der Waals surface area contributed by atoms with Gasteiger partial charge in [-0.2, -0.15) is 0 Å². The first kappa shape index (κ1) is 12.4. The van der Waals surface area contributed by atoms with Gasteiger partial charge in [-0.3, -0.25) is 10.1 Å². The molecule has 0 N–H and O–H groups in total. The molecule has 0 atom stereocenters. The minimum atomic E-state index is -0.351. The summed E-state index contributed by atoms with van der Waals surface area (Å²) in [7, 11) is 1.77. The second-order valence-corrected chi connectivity index (χ2v) is 3.52. The highest BCUT2D eigenvalue weighted by Gasteiger charge is 2.23. The molecule has 1 aliphatic carbocycles. The van der Waals surface area contributed by atoms with Crippen LogP contribution in [-0.2, 0) is 0 Å². The van der Waals surface area contributed by atoms with Crippen molar-refractivity contribution in [3.8, 4) is 0 Å². The Balaban J connectivity index is 0.000000861. The van der Waals surface area contributed by atoms with Crippen LogP contribution in [0.15, 0.2) is 53.9 Å². The minimum Gasteiger partial charge on any atom is -0.339 e. The van der Waals surface area contributed by atoms with E-state index in [4.69, 9.17) is 1.37 Å². The van der Waals surface area contributed by atoms with Gasteiger partial charge in [0.2, 0.25) is 0 Å². The first-order chi connectivity index (χ1) is 9.09. The molecular formula is C14H18N2O2. The molecule has 96 valence electrons. The predicted octanol–water partition coefficient (Wildman–Crippen LogP) is 3.60. The summed E-state index contributed by atoms with van der Waals surface area (Å²) < 4.78 is 7.54. The molecule has 0 saturated heterocycles. The summed E-state index contributed by atoms with van der Waals surface area (Å²) in [6.45, 7) is 4.00. The van der Waals surface area contributed by atoms with Crippen LogP contribution in [0.3, 0.4) is 0 Å². The maximum Gasteiger partial charge on any atom is 0.273 e. The van der Waals surface area contributed by atoms with Gasteiger partial charge in [0.15, 0.2) is 0 Å². The molecule has 0 fully saturated rings. The van der Waals surface area contributed by atoms with E-state index in [2.05, 4.69) is 0 Å². The largest absolute Gasteiger partial charge is 0.339 e. The lowest BCUT2D eigenvalue weighted by atomic mass is 10.2. The van der Waals surface area contributed by atoms with Crippen molar-refractivity contribution < 1.29 is 6.29 Å². The Morgan fingerprint density at radius 2 is 2.11 bits per heavy atom. The fraction of sp³-hybridized carbons (Fsp3) is 0.286. The zero-order valence-electron chi connectivity index (χ0n) is 11.9. The van der Waals surface area contributed by atoms with Crippen molar-refractivity contribution in [2.75, 3.05) is 11.9 Å². The number of rotatable bonds is 3. The number of likely N-dealkylation sites (N-methyl/N-ethyl adjacent to an activating group) is 1. The van der Waals surface area contributed by atoms with Crippen LogP contribution in [0.1, 0.15) is 21.6 Å².